The molecule has 1 amide bonds. The summed E-state index contributed by atoms with van der Waals surface area (Å²) in [6, 6.07) is 20.8. The van der Waals surface area contributed by atoms with Gasteiger partial charge in [0.1, 0.15) is 17.3 Å². The van der Waals surface area contributed by atoms with Crippen molar-refractivity contribution in [3.63, 3.8) is 0 Å². The summed E-state index contributed by atoms with van der Waals surface area (Å²) in [7, 11) is 3.09. The lowest BCUT2D eigenvalue weighted by Crippen LogP contribution is -2.31. The molecule has 0 aliphatic carbocycles. The Bertz CT molecular complexity index is 1240. The maximum absolute atomic E-state index is 13.1. The molecule has 0 bridgehead atoms. The quantitative estimate of drug-likeness (QED) is 0.294. The molecule has 1 aliphatic heterocycles. The van der Waals surface area contributed by atoms with Gasteiger partial charge in [-0.15, -0.1) is 0 Å². The Balaban J connectivity index is 1.73. The van der Waals surface area contributed by atoms with E-state index < -0.39 is 17.7 Å². The van der Waals surface area contributed by atoms with Gasteiger partial charge in [0.05, 0.1) is 30.9 Å². The van der Waals surface area contributed by atoms with Gasteiger partial charge in [-0.2, -0.15) is 0 Å². The monoisotopic (exact) mass is 477 g/mol. The highest BCUT2D eigenvalue weighted by Gasteiger charge is 2.45. The number of amides is 1. The maximum Gasteiger partial charge on any atom is 0.295 e. The highest BCUT2D eigenvalue weighted by Crippen LogP contribution is 2.40. The number of ketones is 1. The van der Waals surface area contributed by atoms with Gasteiger partial charge in [0.2, 0.25) is 0 Å². The summed E-state index contributed by atoms with van der Waals surface area (Å²) in [6.07, 6.45) is 0.536. The molecule has 174 valence electrons. The van der Waals surface area contributed by atoms with E-state index in [9.17, 15) is 14.7 Å². The first-order valence-electron chi connectivity index (χ1n) is 10.7. The molecule has 1 atom stereocenters. The van der Waals surface area contributed by atoms with E-state index in [1.807, 2.05) is 54.6 Å². The maximum atomic E-state index is 13.1. The fraction of sp³-hybridized carbons (Fsp3) is 0.185. The average molecular weight is 478 g/mol. The third-order valence-corrected chi connectivity index (χ3v) is 6.18. The molecule has 1 heterocycles. The van der Waals surface area contributed by atoms with Crippen LogP contribution >= 0.6 is 11.6 Å². The zero-order chi connectivity index (χ0) is 24.2. The number of aliphatic hydroxyl groups excluding tert-OH is 1. The molecule has 6 nitrogen and oxygen atoms in total. The van der Waals surface area contributed by atoms with E-state index in [2.05, 4.69) is 0 Å². The van der Waals surface area contributed by atoms with Crippen molar-refractivity contribution in [3.8, 4) is 11.5 Å². The van der Waals surface area contributed by atoms with Crippen LogP contribution in [-0.2, 0) is 16.0 Å². The normalized spacial score (nSPS) is 17.1. The van der Waals surface area contributed by atoms with Crippen molar-refractivity contribution in [3.05, 3.63) is 100 Å². The van der Waals surface area contributed by atoms with Gasteiger partial charge in [-0.25, -0.2) is 0 Å². The molecule has 3 aromatic rings. The lowest BCUT2D eigenvalue weighted by atomic mass is 9.95. The molecular weight excluding hydrogens is 454 g/mol. The van der Waals surface area contributed by atoms with Crippen molar-refractivity contribution in [1.82, 2.24) is 4.90 Å². The Morgan fingerprint density at radius 2 is 1.68 bits per heavy atom. The number of Topliss-reactive ketones (excluding diaryl/α,β-unsaturated/α-hetero) is 1. The number of carbonyl (C=O) groups excluding carboxylic acids is 2. The lowest BCUT2D eigenvalue weighted by molar-refractivity contribution is -0.139. The zero-order valence-corrected chi connectivity index (χ0v) is 19.6. The number of aliphatic hydroxyl groups is 1. The van der Waals surface area contributed by atoms with E-state index in [4.69, 9.17) is 21.1 Å². The second-order valence-corrected chi connectivity index (χ2v) is 8.26. The van der Waals surface area contributed by atoms with Gasteiger partial charge >= 0.3 is 0 Å². The fourth-order valence-corrected chi connectivity index (χ4v) is 4.36. The van der Waals surface area contributed by atoms with Gasteiger partial charge in [0, 0.05) is 12.1 Å². The van der Waals surface area contributed by atoms with Crippen LogP contribution in [-0.4, -0.2) is 42.5 Å². The Labute approximate surface area is 203 Å². The third-order valence-electron chi connectivity index (χ3n) is 5.88. The number of halogens is 1. The minimum Gasteiger partial charge on any atom is -0.507 e. The molecule has 1 fully saturated rings. The van der Waals surface area contributed by atoms with Gasteiger partial charge in [-0.05, 0) is 47.9 Å². The van der Waals surface area contributed by atoms with Crippen molar-refractivity contribution >= 4 is 29.1 Å². The third kappa shape index (κ3) is 4.50. The predicted molar refractivity (Wildman–Crippen MR) is 130 cm³/mol. The van der Waals surface area contributed by atoms with Gasteiger partial charge < -0.3 is 19.5 Å². The molecular formula is C27H24ClNO5. The number of nitrogens with zero attached hydrogens (tertiary/aromatic N) is 1. The van der Waals surface area contributed by atoms with Crippen molar-refractivity contribution < 1.29 is 24.2 Å². The fourth-order valence-electron chi connectivity index (χ4n) is 4.10. The average Bonchev–Trinajstić information content (AvgIpc) is 3.12. The number of hydrogen-bond acceptors (Lipinski definition) is 5. The van der Waals surface area contributed by atoms with Crippen molar-refractivity contribution in [2.45, 2.75) is 12.5 Å². The Morgan fingerprint density at radius 1 is 0.971 bits per heavy atom. The second kappa shape index (κ2) is 10.0. The standard InChI is InChI=1S/C27H24ClNO5/c1-33-20-11-8-17(9-12-20)14-15-29-24(18-6-4-3-5-7-18)23(26(31)27(29)32)25(30)19-10-13-22(34-2)21(28)16-19/h3-13,16,24,30H,14-15H2,1-2H3/b25-23-. The Hall–Kier alpha value is -3.77. The molecule has 4 rings (SSSR count). The topological polar surface area (TPSA) is 76.1 Å². The van der Waals surface area contributed by atoms with Crippen LogP contribution in [0.1, 0.15) is 22.7 Å². The number of likely N-dealkylation sites (tertiary alicyclic amines) is 1. The van der Waals surface area contributed by atoms with Gasteiger partial charge in [-0.1, -0.05) is 54.1 Å². The molecule has 0 spiro atoms. The number of benzene rings is 3. The van der Waals surface area contributed by atoms with Gasteiger partial charge in [0.25, 0.3) is 11.7 Å². The lowest BCUT2D eigenvalue weighted by Gasteiger charge is -2.25. The van der Waals surface area contributed by atoms with Crippen molar-refractivity contribution in [2.75, 3.05) is 20.8 Å². The predicted octanol–water partition coefficient (Wildman–Crippen LogP) is 5.02. The van der Waals surface area contributed by atoms with Gasteiger partial charge in [-0.3, -0.25) is 9.59 Å². The minimum absolute atomic E-state index is 0.0344. The van der Waals surface area contributed by atoms with E-state index in [0.717, 1.165) is 16.9 Å². The van der Waals surface area contributed by atoms with Crippen LogP contribution in [0.5, 0.6) is 11.5 Å². The summed E-state index contributed by atoms with van der Waals surface area (Å²) in [5.74, 6) is -0.468. The number of hydrogen-bond donors (Lipinski definition) is 1. The van der Waals surface area contributed by atoms with Crippen molar-refractivity contribution in [1.29, 1.82) is 0 Å². The molecule has 1 aliphatic rings. The first-order chi connectivity index (χ1) is 16.4. The van der Waals surface area contributed by atoms with Crippen LogP contribution in [0.4, 0.5) is 0 Å². The molecule has 3 aromatic carbocycles. The summed E-state index contributed by atoms with van der Waals surface area (Å²) >= 11 is 6.24. The zero-order valence-electron chi connectivity index (χ0n) is 18.8. The molecule has 7 heteroatoms. The molecule has 1 saturated heterocycles. The highest BCUT2D eigenvalue weighted by atomic mass is 35.5. The summed E-state index contributed by atoms with van der Waals surface area (Å²) in [6.45, 7) is 0.302. The summed E-state index contributed by atoms with van der Waals surface area (Å²) < 4.78 is 10.4. The number of methoxy groups -OCH3 is 2. The van der Waals surface area contributed by atoms with E-state index >= 15 is 0 Å². The summed E-state index contributed by atoms with van der Waals surface area (Å²) in [5, 5.41) is 11.4. The van der Waals surface area contributed by atoms with Crippen LogP contribution in [0.25, 0.3) is 5.76 Å². The van der Waals surface area contributed by atoms with E-state index in [1.165, 1.54) is 18.1 Å². The van der Waals surface area contributed by atoms with E-state index in [-0.39, 0.29) is 16.4 Å². The van der Waals surface area contributed by atoms with Crippen LogP contribution in [0, 0.1) is 0 Å². The van der Waals surface area contributed by atoms with Crippen LogP contribution in [0.3, 0.4) is 0 Å². The van der Waals surface area contributed by atoms with Gasteiger partial charge in [0.15, 0.2) is 0 Å². The van der Waals surface area contributed by atoms with Crippen LogP contribution in [0.15, 0.2) is 78.4 Å². The SMILES string of the molecule is COc1ccc(CCN2C(=O)C(=O)/C(=C(\O)c3ccc(OC)c(Cl)c3)C2c2ccccc2)cc1. The summed E-state index contributed by atoms with van der Waals surface area (Å²) in [5.41, 5.74) is 2.10. The molecule has 0 saturated carbocycles. The van der Waals surface area contributed by atoms with Crippen molar-refractivity contribution in [2.24, 2.45) is 0 Å². The second-order valence-electron chi connectivity index (χ2n) is 7.85. The van der Waals surface area contributed by atoms with E-state index in [0.29, 0.717) is 24.3 Å². The van der Waals surface area contributed by atoms with Crippen LogP contribution < -0.4 is 9.47 Å². The summed E-state index contributed by atoms with van der Waals surface area (Å²) in [4.78, 5) is 27.7. The number of rotatable bonds is 7. The minimum atomic E-state index is -0.729. The van der Waals surface area contributed by atoms with Crippen LogP contribution in [0.2, 0.25) is 5.02 Å². The first-order valence-corrected chi connectivity index (χ1v) is 11.1. The number of ether oxygens (including phenoxy) is 2. The first kappa shape index (κ1) is 23.4. The van der Waals surface area contributed by atoms with E-state index in [1.54, 1.807) is 19.2 Å². The Kier molecular flexibility index (Phi) is 6.89. The highest BCUT2D eigenvalue weighted by molar-refractivity contribution is 6.46. The molecule has 34 heavy (non-hydrogen) atoms. The number of carbonyl (C=O) groups is 2. The molecule has 1 N–H and O–H groups in total. The largest absolute Gasteiger partial charge is 0.507 e. The molecule has 1 unspecified atom stereocenters. The smallest absolute Gasteiger partial charge is 0.295 e. The molecule has 0 aromatic heterocycles. The Morgan fingerprint density at radius 3 is 2.29 bits per heavy atom. The molecule has 0 radical (unpaired) electrons.